The number of carbonyl (C=O) groups excluding carboxylic acids is 1. The number of primary amides is 1. The highest BCUT2D eigenvalue weighted by Crippen LogP contribution is 2.08. The lowest BCUT2D eigenvalue weighted by Crippen LogP contribution is -2.19. The van der Waals surface area contributed by atoms with Crippen LogP contribution in [0, 0.1) is 0 Å². The molecule has 0 aliphatic carbocycles. The zero-order valence-electron chi connectivity index (χ0n) is 8.88. The van der Waals surface area contributed by atoms with Crippen molar-refractivity contribution in [2.45, 2.75) is 19.9 Å². The largest absolute Gasteiger partial charge is 0.368 e. The molecule has 1 aromatic rings. The monoisotopic (exact) mass is 246 g/mol. The number of nitrogens with two attached hydrogens (primary N) is 1. The van der Waals surface area contributed by atoms with Gasteiger partial charge in [-0.3, -0.25) is 14.2 Å². The minimum Gasteiger partial charge on any atom is -0.368 e. The highest BCUT2D eigenvalue weighted by Gasteiger charge is 2.10. The fraction of sp³-hybridized carbons (Fsp3) is 0.500. The number of carbonyl (C=O) groups is 1. The first kappa shape index (κ1) is 12.5. The van der Waals surface area contributed by atoms with Crippen molar-refractivity contribution in [2.75, 3.05) is 10.5 Å². The van der Waals surface area contributed by atoms with Crippen LogP contribution in [0.5, 0.6) is 0 Å². The maximum absolute atomic E-state index is 11.4. The maximum atomic E-state index is 11.4. The minimum atomic E-state index is -3.32. The van der Waals surface area contributed by atoms with Gasteiger partial charge in [-0.15, -0.1) is 0 Å². The molecule has 0 radical (unpaired) electrons. The number of nitrogens with one attached hydrogen (secondary N) is 1. The standard InChI is InChI=1S/C8H14N4O3S/c1-2-3-16(14,15)11-7-4-10-12(5-7)6-8(9)13/h4-5,11H,2-3,6H2,1H3,(H2,9,13). The van der Waals surface area contributed by atoms with Crippen molar-refractivity contribution in [3.63, 3.8) is 0 Å². The van der Waals surface area contributed by atoms with Crippen LogP contribution < -0.4 is 10.5 Å². The van der Waals surface area contributed by atoms with E-state index >= 15 is 0 Å². The Labute approximate surface area is 93.7 Å². The van der Waals surface area contributed by atoms with Gasteiger partial charge >= 0.3 is 0 Å². The van der Waals surface area contributed by atoms with Crippen molar-refractivity contribution in [3.8, 4) is 0 Å². The average Bonchev–Trinajstić information content (AvgIpc) is 2.49. The van der Waals surface area contributed by atoms with Crippen LogP contribution in [0.3, 0.4) is 0 Å². The number of hydrogen-bond acceptors (Lipinski definition) is 4. The number of aromatic nitrogens is 2. The lowest BCUT2D eigenvalue weighted by Gasteiger charge is -2.02. The summed E-state index contributed by atoms with van der Waals surface area (Å²) < 4.78 is 26.4. The van der Waals surface area contributed by atoms with E-state index in [2.05, 4.69) is 9.82 Å². The van der Waals surface area contributed by atoms with Gasteiger partial charge in [0.1, 0.15) is 6.54 Å². The molecule has 0 spiro atoms. The predicted octanol–water partition coefficient (Wildman–Crippen LogP) is -0.480. The van der Waals surface area contributed by atoms with Gasteiger partial charge in [0.15, 0.2) is 0 Å². The quantitative estimate of drug-likeness (QED) is 0.706. The molecule has 0 aliphatic heterocycles. The average molecular weight is 246 g/mol. The highest BCUT2D eigenvalue weighted by atomic mass is 32.2. The Kier molecular flexibility index (Phi) is 3.88. The molecule has 0 saturated heterocycles. The second kappa shape index (κ2) is 4.97. The number of nitrogens with zero attached hydrogens (tertiary/aromatic N) is 2. The van der Waals surface area contributed by atoms with Crippen molar-refractivity contribution in [2.24, 2.45) is 5.73 Å². The first-order valence-corrected chi connectivity index (χ1v) is 6.39. The Balaban J connectivity index is 2.69. The third-order valence-corrected chi connectivity index (χ3v) is 3.19. The Morgan fingerprint density at radius 2 is 2.31 bits per heavy atom. The smallest absolute Gasteiger partial charge is 0.239 e. The number of rotatable bonds is 6. The van der Waals surface area contributed by atoms with E-state index in [1.165, 1.54) is 17.1 Å². The van der Waals surface area contributed by atoms with Gasteiger partial charge in [0, 0.05) is 6.20 Å². The molecule has 7 nitrogen and oxygen atoms in total. The van der Waals surface area contributed by atoms with E-state index in [9.17, 15) is 13.2 Å². The van der Waals surface area contributed by atoms with Gasteiger partial charge in [-0.1, -0.05) is 6.92 Å². The Morgan fingerprint density at radius 3 is 2.88 bits per heavy atom. The summed E-state index contributed by atoms with van der Waals surface area (Å²) in [7, 11) is -3.32. The lowest BCUT2D eigenvalue weighted by molar-refractivity contribution is -0.118. The third kappa shape index (κ3) is 3.89. The SMILES string of the molecule is CCCS(=O)(=O)Nc1cnn(CC(N)=O)c1. The molecular weight excluding hydrogens is 232 g/mol. The van der Waals surface area contributed by atoms with Crippen molar-refractivity contribution in [1.82, 2.24) is 9.78 Å². The molecule has 1 aromatic heterocycles. The fourth-order valence-electron chi connectivity index (χ4n) is 1.16. The zero-order chi connectivity index (χ0) is 12.2. The topological polar surface area (TPSA) is 107 Å². The van der Waals surface area contributed by atoms with Crippen LogP contribution in [-0.4, -0.2) is 29.9 Å². The van der Waals surface area contributed by atoms with Gasteiger partial charge in [-0.2, -0.15) is 5.10 Å². The van der Waals surface area contributed by atoms with Gasteiger partial charge < -0.3 is 5.73 Å². The molecule has 16 heavy (non-hydrogen) atoms. The highest BCUT2D eigenvalue weighted by molar-refractivity contribution is 7.92. The molecule has 0 atom stereocenters. The molecule has 0 bridgehead atoms. The number of hydrogen-bond donors (Lipinski definition) is 2. The van der Waals surface area contributed by atoms with E-state index in [4.69, 9.17) is 5.73 Å². The van der Waals surface area contributed by atoms with Crippen LogP contribution in [0.1, 0.15) is 13.3 Å². The van der Waals surface area contributed by atoms with E-state index in [1.807, 2.05) is 0 Å². The molecule has 0 saturated carbocycles. The lowest BCUT2D eigenvalue weighted by atomic mass is 10.6. The summed E-state index contributed by atoms with van der Waals surface area (Å²) in [5.41, 5.74) is 5.30. The van der Waals surface area contributed by atoms with E-state index in [1.54, 1.807) is 6.92 Å². The normalized spacial score (nSPS) is 11.3. The molecule has 3 N–H and O–H groups in total. The minimum absolute atomic E-state index is 0.0496. The molecule has 0 fully saturated rings. The molecule has 8 heteroatoms. The summed E-state index contributed by atoms with van der Waals surface area (Å²) in [5.74, 6) is -0.486. The van der Waals surface area contributed by atoms with E-state index in [0.29, 0.717) is 12.1 Å². The summed E-state index contributed by atoms with van der Waals surface area (Å²) in [6.45, 7) is 1.70. The number of sulfonamides is 1. The zero-order valence-corrected chi connectivity index (χ0v) is 9.70. The molecule has 0 unspecified atom stereocenters. The number of anilines is 1. The first-order chi connectivity index (χ1) is 7.43. The van der Waals surface area contributed by atoms with E-state index < -0.39 is 15.9 Å². The third-order valence-electron chi connectivity index (χ3n) is 1.70. The molecule has 1 amide bonds. The predicted molar refractivity (Wildman–Crippen MR) is 59.1 cm³/mol. The van der Waals surface area contributed by atoms with Crippen LogP contribution in [0.25, 0.3) is 0 Å². The summed E-state index contributed by atoms with van der Waals surface area (Å²) in [5, 5.41) is 3.79. The summed E-state index contributed by atoms with van der Waals surface area (Å²) in [6, 6.07) is 0. The van der Waals surface area contributed by atoms with Crippen LogP contribution in [0.2, 0.25) is 0 Å². The van der Waals surface area contributed by atoms with Gasteiger partial charge in [0.05, 0.1) is 17.6 Å². The van der Waals surface area contributed by atoms with E-state index in [-0.39, 0.29) is 12.3 Å². The molecular formula is C8H14N4O3S. The van der Waals surface area contributed by atoms with E-state index in [0.717, 1.165) is 0 Å². The van der Waals surface area contributed by atoms with Crippen LogP contribution in [0.15, 0.2) is 12.4 Å². The van der Waals surface area contributed by atoms with Crippen molar-refractivity contribution in [3.05, 3.63) is 12.4 Å². The van der Waals surface area contributed by atoms with Crippen molar-refractivity contribution >= 4 is 21.6 Å². The molecule has 1 heterocycles. The summed E-state index contributed by atoms with van der Waals surface area (Å²) >= 11 is 0. The maximum Gasteiger partial charge on any atom is 0.239 e. The van der Waals surface area contributed by atoms with Crippen molar-refractivity contribution < 1.29 is 13.2 Å². The Hall–Kier alpha value is -1.57. The van der Waals surface area contributed by atoms with Crippen LogP contribution in [-0.2, 0) is 21.4 Å². The van der Waals surface area contributed by atoms with Gasteiger partial charge in [0.2, 0.25) is 15.9 Å². The second-order valence-electron chi connectivity index (χ2n) is 3.31. The summed E-state index contributed by atoms with van der Waals surface area (Å²) in [6.07, 6.45) is 3.28. The first-order valence-electron chi connectivity index (χ1n) is 4.74. The van der Waals surface area contributed by atoms with Crippen molar-refractivity contribution in [1.29, 1.82) is 0 Å². The summed E-state index contributed by atoms with van der Waals surface area (Å²) in [4.78, 5) is 10.6. The van der Waals surface area contributed by atoms with Gasteiger partial charge in [-0.25, -0.2) is 8.42 Å². The molecule has 1 rings (SSSR count). The fourth-order valence-corrected chi connectivity index (χ4v) is 2.27. The Morgan fingerprint density at radius 1 is 1.62 bits per heavy atom. The Bertz CT molecular complexity index is 465. The number of amides is 1. The van der Waals surface area contributed by atoms with Gasteiger partial charge in [0.25, 0.3) is 0 Å². The van der Waals surface area contributed by atoms with Crippen LogP contribution in [0.4, 0.5) is 5.69 Å². The van der Waals surface area contributed by atoms with Gasteiger partial charge in [-0.05, 0) is 6.42 Å². The van der Waals surface area contributed by atoms with Crippen LogP contribution >= 0.6 is 0 Å². The molecule has 0 aromatic carbocycles. The second-order valence-corrected chi connectivity index (χ2v) is 5.16. The molecule has 90 valence electrons. The molecule has 0 aliphatic rings.